The minimum atomic E-state index is -3.39. The molecule has 0 bridgehead atoms. The molecule has 1 atom stereocenters. The molecular formula is C18H22N2O4S. The average Bonchev–Trinajstić information content (AvgIpc) is 3.06. The molecule has 1 aromatic carbocycles. The highest BCUT2D eigenvalue weighted by molar-refractivity contribution is 7.88. The molecule has 0 saturated carbocycles. The number of ether oxygens (including phenoxy) is 2. The van der Waals surface area contributed by atoms with Gasteiger partial charge in [0, 0.05) is 12.7 Å². The van der Waals surface area contributed by atoms with Crippen LogP contribution in [0.5, 0.6) is 11.5 Å². The molecule has 7 heteroatoms. The molecule has 0 radical (unpaired) electrons. The van der Waals surface area contributed by atoms with E-state index in [4.69, 9.17) is 9.47 Å². The largest absolute Gasteiger partial charge is 0.497 e. The maximum absolute atomic E-state index is 12.7. The first-order valence-electron chi connectivity index (χ1n) is 8.17. The van der Waals surface area contributed by atoms with Crippen LogP contribution in [0.25, 0.3) is 0 Å². The summed E-state index contributed by atoms with van der Waals surface area (Å²) in [6.45, 7) is 2.71. The van der Waals surface area contributed by atoms with Gasteiger partial charge < -0.3 is 9.47 Å². The fourth-order valence-electron chi connectivity index (χ4n) is 2.88. The van der Waals surface area contributed by atoms with Gasteiger partial charge in [-0.05, 0) is 43.2 Å². The summed E-state index contributed by atoms with van der Waals surface area (Å²) < 4.78 is 38.0. The lowest BCUT2D eigenvalue weighted by Crippen LogP contribution is -2.32. The minimum absolute atomic E-state index is 0.0388. The SMILES string of the molecule is COc1cccc(CS(=O)(=O)N2CCC(Oc3cccnc3C)C2)c1. The van der Waals surface area contributed by atoms with Gasteiger partial charge in [-0.2, -0.15) is 4.31 Å². The van der Waals surface area contributed by atoms with E-state index in [0.717, 1.165) is 5.69 Å². The molecule has 0 amide bonds. The zero-order valence-corrected chi connectivity index (χ0v) is 15.2. The van der Waals surface area contributed by atoms with Crippen LogP contribution in [-0.2, 0) is 15.8 Å². The Bertz CT molecular complexity index is 838. The van der Waals surface area contributed by atoms with Crippen molar-refractivity contribution in [2.45, 2.75) is 25.2 Å². The average molecular weight is 362 g/mol. The molecule has 6 nitrogen and oxygen atoms in total. The number of methoxy groups -OCH3 is 1. The summed E-state index contributed by atoms with van der Waals surface area (Å²) in [7, 11) is -1.83. The zero-order valence-electron chi connectivity index (χ0n) is 14.4. The molecule has 1 fully saturated rings. The van der Waals surface area contributed by atoms with Crippen molar-refractivity contribution >= 4 is 10.0 Å². The van der Waals surface area contributed by atoms with Crippen LogP contribution in [0.2, 0.25) is 0 Å². The number of aromatic nitrogens is 1. The molecule has 0 N–H and O–H groups in total. The summed E-state index contributed by atoms with van der Waals surface area (Å²) in [4.78, 5) is 4.19. The van der Waals surface area contributed by atoms with Crippen molar-refractivity contribution in [3.8, 4) is 11.5 Å². The first kappa shape index (κ1) is 17.7. The van der Waals surface area contributed by atoms with E-state index in [1.807, 2.05) is 19.1 Å². The lowest BCUT2D eigenvalue weighted by Gasteiger charge is -2.18. The molecule has 1 saturated heterocycles. The predicted octanol–water partition coefficient (Wildman–Crippen LogP) is 2.38. The van der Waals surface area contributed by atoms with Crippen molar-refractivity contribution in [1.82, 2.24) is 9.29 Å². The second-order valence-electron chi connectivity index (χ2n) is 6.08. The monoisotopic (exact) mass is 362 g/mol. The third kappa shape index (κ3) is 4.29. The van der Waals surface area contributed by atoms with Crippen molar-refractivity contribution in [2.75, 3.05) is 20.2 Å². The van der Waals surface area contributed by atoms with Gasteiger partial charge in [-0.1, -0.05) is 12.1 Å². The van der Waals surface area contributed by atoms with Gasteiger partial charge in [-0.3, -0.25) is 4.98 Å². The van der Waals surface area contributed by atoms with Gasteiger partial charge in [0.1, 0.15) is 17.6 Å². The quantitative estimate of drug-likeness (QED) is 0.789. The molecule has 0 aliphatic carbocycles. The highest BCUT2D eigenvalue weighted by atomic mass is 32.2. The van der Waals surface area contributed by atoms with Gasteiger partial charge >= 0.3 is 0 Å². The molecule has 134 valence electrons. The summed E-state index contributed by atoms with van der Waals surface area (Å²) >= 11 is 0. The van der Waals surface area contributed by atoms with E-state index in [9.17, 15) is 8.42 Å². The Balaban J connectivity index is 1.65. The first-order valence-corrected chi connectivity index (χ1v) is 9.78. The summed E-state index contributed by atoms with van der Waals surface area (Å²) in [6, 6.07) is 10.8. The summed E-state index contributed by atoms with van der Waals surface area (Å²) in [5.74, 6) is 1.32. The van der Waals surface area contributed by atoms with Crippen molar-refractivity contribution in [1.29, 1.82) is 0 Å². The molecule has 1 aromatic heterocycles. The van der Waals surface area contributed by atoms with Gasteiger partial charge in [0.2, 0.25) is 10.0 Å². The molecule has 1 unspecified atom stereocenters. The van der Waals surface area contributed by atoms with E-state index in [-0.39, 0.29) is 11.9 Å². The standard InChI is InChI=1S/C18H22N2O4S/c1-14-18(7-4-9-19-14)24-17-8-10-20(12-17)25(21,22)13-15-5-3-6-16(11-15)23-2/h3-7,9,11,17H,8,10,12-13H2,1-2H3. The Labute approximate surface area is 148 Å². The van der Waals surface area contributed by atoms with E-state index in [0.29, 0.717) is 36.6 Å². The molecule has 0 spiro atoms. The Kier molecular flexibility index (Phi) is 5.24. The third-order valence-corrected chi connectivity index (χ3v) is 6.05. The van der Waals surface area contributed by atoms with E-state index < -0.39 is 10.0 Å². The fraction of sp³-hybridized carbons (Fsp3) is 0.389. The van der Waals surface area contributed by atoms with Crippen LogP contribution in [0.3, 0.4) is 0 Å². The number of aryl methyl sites for hydroxylation is 1. The summed E-state index contributed by atoms with van der Waals surface area (Å²) in [5, 5.41) is 0. The fourth-order valence-corrected chi connectivity index (χ4v) is 4.44. The number of benzene rings is 1. The van der Waals surface area contributed by atoms with Crippen LogP contribution < -0.4 is 9.47 Å². The van der Waals surface area contributed by atoms with E-state index in [1.54, 1.807) is 37.6 Å². The molecule has 1 aliphatic heterocycles. The smallest absolute Gasteiger partial charge is 0.218 e. The topological polar surface area (TPSA) is 68.7 Å². The number of sulfonamides is 1. The number of nitrogens with zero attached hydrogens (tertiary/aromatic N) is 2. The lowest BCUT2D eigenvalue weighted by atomic mass is 10.2. The van der Waals surface area contributed by atoms with Gasteiger partial charge in [-0.25, -0.2) is 8.42 Å². The number of rotatable bonds is 6. The van der Waals surface area contributed by atoms with Crippen LogP contribution >= 0.6 is 0 Å². The van der Waals surface area contributed by atoms with Crippen LogP contribution in [0.15, 0.2) is 42.6 Å². The highest BCUT2D eigenvalue weighted by Gasteiger charge is 2.32. The van der Waals surface area contributed by atoms with Crippen molar-refractivity contribution < 1.29 is 17.9 Å². The van der Waals surface area contributed by atoms with Crippen LogP contribution in [-0.4, -0.2) is 44.0 Å². The molecular weight excluding hydrogens is 340 g/mol. The molecule has 2 heterocycles. The van der Waals surface area contributed by atoms with E-state index >= 15 is 0 Å². The Morgan fingerprint density at radius 1 is 1.28 bits per heavy atom. The second-order valence-corrected chi connectivity index (χ2v) is 8.05. The highest BCUT2D eigenvalue weighted by Crippen LogP contribution is 2.24. The maximum Gasteiger partial charge on any atom is 0.218 e. The second kappa shape index (κ2) is 7.41. The number of hydrogen-bond acceptors (Lipinski definition) is 5. The Morgan fingerprint density at radius 3 is 2.88 bits per heavy atom. The van der Waals surface area contributed by atoms with Gasteiger partial charge in [0.05, 0.1) is 25.1 Å². The predicted molar refractivity (Wildman–Crippen MR) is 95.2 cm³/mol. The summed E-state index contributed by atoms with van der Waals surface area (Å²) in [5.41, 5.74) is 1.52. The molecule has 25 heavy (non-hydrogen) atoms. The van der Waals surface area contributed by atoms with Crippen molar-refractivity contribution in [3.63, 3.8) is 0 Å². The zero-order chi connectivity index (χ0) is 17.9. The van der Waals surface area contributed by atoms with Crippen LogP contribution in [0.1, 0.15) is 17.7 Å². The van der Waals surface area contributed by atoms with Gasteiger partial charge in [0.25, 0.3) is 0 Å². The van der Waals surface area contributed by atoms with E-state index in [1.165, 1.54) is 4.31 Å². The lowest BCUT2D eigenvalue weighted by molar-refractivity contribution is 0.213. The van der Waals surface area contributed by atoms with E-state index in [2.05, 4.69) is 4.98 Å². The Hall–Kier alpha value is -2.12. The van der Waals surface area contributed by atoms with Crippen LogP contribution in [0, 0.1) is 6.92 Å². The van der Waals surface area contributed by atoms with Gasteiger partial charge in [-0.15, -0.1) is 0 Å². The number of pyridine rings is 1. The number of hydrogen-bond donors (Lipinski definition) is 0. The first-order chi connectivity index (χ1) is 12.0. The molecule has 1 aliphatic rings. The normalized spacial score (nSPS) is 18.2. The maximum atomic E-state index is 12.7. The van der Waals surface area contributed by atoms with Crippen molar-refractivity contribution in [3.05, 3.63) is 53.9 Å². The van der Waals surface area contributed by atoms with Gasteiger partial charge in [0.15, 0.2) is 0 Å². The molecule has 3 rings (SSSR count). The van der Waals surface area contributed by atoms with Crippen LogP contribution in [0.4, 0.5) is 0 Å². The van der Waals surface area contributed by atoms with Crippen molar-refractivity contribution in [2.24, 2.45) is 0 Å². The third-order valence-electron chi connectivity index (χ3n) is 4.24. The molecule has 2 aromatic rings. The summed E-state index contributed by atoms with van der Waals surface area (Å²) in [6.07, 6.45) is 2.23. The minimum Gasteiger partial charge on any atom is -0.497 e. The Morgan fingerprint density at radius 2 is 2.12 bits per heavy atom.